The Bertz CT molecular complexity index is 769. The van der Waals surface area contributed by atoms with E-state index in [4.69, 9.17) is 4.74 Å². The fourth-order valence-electron chi connectivity index (χ4n) is 5.03. The highest BCUT2D eigenvalue weighted by Crippen LogP contribution is 2.43. The van der Waals surface area contributed by atoms with Crippen LogP contribution in [0.2, 0.25) is 0 Å². The van der Waals surface area contributed by atoms with Crippen LogP contribution in [0.4, 0.5) is 0 Å². The van der Waals surface area contributed by atoms with Crippen molar-refractivity contribution < 1.29 is 9.84 Å². The van der Waals surface area contributed by atoms with Crippen LogP contribution in [0.25, 0.3) is 0 Å². The molecule has 0 fully saturated rings. The molecule has 2 heteroatoms. The van der Waals surface area contributed by atoms with E-state index in [1.165, 1.54) is 37.7 Å². The number of fused-ring (bicyclic) bond motifs is 1. The smallest absolute Gasteiger partial charge is 0.123 e. The molecule has 1 aromatic rings. The molecule has 154 valence electrons. The number of phenolic OH excluding ortho intramolecular Hbond substituents is 1. The van der Waals surface area contributed by atoms with Crippen molar-refractivity contribution in [2.75, 3.05) is 0 Å². The summed E-state index contributed by atoms with van der Waals surface area (Å²) < 4.78 is 6.30. The van der Waals surface area contributed by atoms with E-state index in [0.717, 1.165) is 37.0 Å². The van der Waals surface area contributed by atoms with Gasteiger partial charge in [0.05, 0.1) is 0 Å². The molecule has 0 aromatic heterocycles. The number of rotatable bonds is 6. The fourth-order valence-corrected chi connectivity index (χ4v) is 5.03. The zero-order chi connectivity index (χ0) is 20.4. The molecule has 1 unspecified atom stereocenters. The van der Waals surface area contributed by atoms with Gasteiger partial charge in [-0.05, 0) is 108 Å². The number of hydrogen-bond acceptors (Lipinski definition) is 2. The molecule has 1 aromatic carbocycles. The van der Waals surface area contributed by atoms with E-state index in [-0.39, 0.29) is 5.60 Å². The molecule has 0 bridgehead atoms. The molecule has 0 amide bonds. The molecule has 2 aliphatic rings. The molecular weight excluding hydrogens is 344 g/mol. The van der Waals surface area contributed by atoms with E-state index in [9.17, 15) is 5.11 Å². The molecule has 2 nitrogen and oxygen atoms in total. The van der Waals surface area contributed by atoms with Crippen LogP contribution in [0.5, 0.6) is 11.5 Å². The van der Waals surface area contributed by atoms with Crippen molar-refractivity contribution in [3.63, 3.8) is 0 Å². The average molecular weight is 383 g/mol. The van der Waals surface area contributed by atoms with Gasteiger partial charge in [0.2, 0.25) is 0 Å². The quantitative estimate of drug-likeness (QED) is 0.516. The summed E-state index contributed by atoms with van der Waals surface area (Å²) in [5.41, 5.74) is 6.25. The largest absolute Gasteiger partial charge is 0.508 e. The van der Waals surface area contributed by atoms with Gasteiger partial charge in [-0.3, -0.25) is 0 Å². The minimum atomic E-state index is -0.106. The first-order valence-electron chi connectivity index (χ1n) is 11.0. The summed E-state index contributed by atoms with van der Waals surface area (Å²) in [6.07, 6.45) is 12.9. The normalized spacial score (nSPS) is 24.7. The molecule has 3 rings (SSSR count). The van der Waals surface area contributed by atoms with Crippen LogP contribution in [0.15, 0.2) is 41.0 Å². The lowest BCUT2D eigenvalue weighted by molar-refractivity contribution is 0.0570. The summed E-state index contributed by atoms with van der Waals surface area (Å²) in [4.78, 5) is 0. The number of ether oxygens (including phenoxy) is 1. The summed E-state index contributed by atoms with van der Waals surface area (Å²) in [5, 5.41) is 9.65. The second-order valence-corrected chi connectivity index (χ2v) is 9.93. The van der Waals surface area contributed by atoms with Crippen molar-refractivity contribution in [1.82, 2.24) is 0 Å². The molecule has 1 N–H and O–H groups in total. The minimum Gasteiger partial charge on any atom is -0.508 e. The average Bonchev–Trinajstić information content (AvgIpc) is 2.61. The summed E-state index contributed by atoms with van der Waals surface area (Å²) in [6, 6.07) is 5.46. The summed E-state index contributed by atoms with van der Waals surface area (Å²) in [7, 11) is 0. The van der Waals surface area contributed by atoms with Gasteiger partial charge < -0.3 is 9.84 Å². The first-order valence-corrected chi connectivity index (χ1v) is 11.0. The molecule has 0 spiro atoms. The topological polar surface area (TPSA) is 29.5 Å². The predicted octanol–water partition coefficient (Wildman–Crippen LogP) is 7.51. The van der Waals surface area contributed by atoms with Gasteiger partial charge in [0.1, 0.15) is 17.1 Å². The summed E-state index contributed by atoms with van der Waals surface area (Å²) >= 11 is 0. The molecule has 0 saturated heterocycles. The highest BCUT2D eigenvalue weighted by molar-refractivity contribution is 5.41. The van der Waals surface area contributed by atoms with Gasteiger partial charge in [0.25, 0.3) is 0 Å². The van der Waals surface area contributed by atoms with E-state index < -0.39 is 0 Å². The van der Waals surface area contributed by atoms with E-state index in [2.05, 4.69) is 40.7 Å². The number of aryl methyl sites for hydroxylation is 1. The molecule has 0 saturated carbocycles. The molecule has 0 radical (unpaired) electrons. The SMILES string of the molecule is CC(=CCCC1(C)CCc2cc(O)ccc2O1)CCC1=C(C)CCCC1(C)C. The molecular formula is C26H38O2. The molecule has 1 atom stereocenters. The predicted molar refractivity (Wildman–Crippen MR) is 118 cm³/mol. The zero-order valence-corrected chi connectivity index (χ0v) is 18.5. The van der Waals surface area contributed by atoms with Crippen molar-refractivity contribution in [2.24, 2.45) is 5.41 Å². The fraction of sp³-hybridized carbons (Fsp3) is 0.615. The van der Waals surface area contributed by atoms with Gasteiger partial charge in [-0.25, -0.2) is 0 Å². The Morgan fingerprint density at radius 1 is 1.18 bits per heavy atom. The Hall–Kier alpha value is -1.70. The van der Waals surface area contributed by atoms with Crippen molar-refractivity contribution in [1.29, 1.82) is 0 Å². The van der Waals surface area contributed by atoms with Crippen LogP contribution in [0.1, 0.15) is 91.5 Å². The summed E-state index contributed by atoms with van der Waals surface area (Å²) in [6.45, 7) is 11.7. The summed E-state index contributed by atoms with van der Waals surface area (Å²) in [5.74, 6) is 1.27. The van der Waals surface area contributed by atoms with E-state index in [1.54, 1.807) is 17.2 Å². The number of aromatic hydroxyl groups is 1. The van der Waals surface area contributed by atoms with Crippen molar-refractivity contribution >= 4 is 0 Å². The lowest BCUT2D eigenvalue weighted by Crippen LogP contribution is -2.36. The van der Waals surface area contributed by atoms with Crippen LogP contribution in [0.3, 0.4) is 0 Å². The van der Waals surface area contributed by atoms with Gasteiger partial charge in [-0.1, -0.05) is 36.6 Å². The van der Waals surface area contributed by atoms with Gasteiger partial charge in [-0.15, -0.1) is 0 Å². The lowest BCUT2D eigenvalue weighted by Gasteiger charge is -2.36. The standard InChI is InChI=1S/C26H38O2/c1-19(10-12-23-20(2)9-7-15-25(23,3)4)8-6-16-26(5)17-14-21-18-22(27)11-13-24(21)28-26/h8,11,13,18,27H,6-7,9-10,12,14-17H2,1-5H3. The Labute approximate surface area is 171 Å². The zero-order valence-electron chi connectivity index (χ0n) is 18.5. The van der Waals surface area contributed by atoms with Crippen LogP contribution >= 0.6 is 0 Å². The van der Waals surface area contributed by atoms with Crippen molar-refractivity contribution in [3.05, 3.63) is 46.6 Å². The molecule has 1 aliphatic carbocycles. The highest BCUT2D eigenvalue weighted by atomic mass is 16.5. The van der Waals surface area contributed by atoms with Gasteiger partial charge in [0.15, 0.2) is 0 Å². The minimum absolute atomic E-state index is 0.106. The van der Waals surface area contributed by atoms with Crippen LogP contribution in [0, 0.1) is 5.41 Å². The van der Waals surface area contributed by atoms with Crippen LogP contribution < -0.4 is 4.74 Å². The van der Waals surface area contributed by atoms with Crippen LogP contribution in [-0.2, 0) is 6.42 Å². The van der Waals surface area contributed by atoms with Crippen molar-refractivity contribution in [2.45, 2.75) is 98.0 Å². The maximum absolute atomic E-state index is 9.65. The lowest BCUT2D eigenvalue weighted by atomic mass is 9.71. The number of hydrogen-bond donors (Lipinski definition) is 1. The van der Waals surface area contributed by atoms with E-state index in [0.29, 0.717) is 11.2 Å². The van der Waals surface area contributed by atoms with Crippen LogP contribution in [-0.4, -0.2) is 10.7 Å². The Morgan fingerprint density at radius 2 is 1.96 bits per heavy atom. The Kier molecular flexibility index (Phi) is 6.27. The van der Waals surface area contributed by atoms with E-state index in [1.807, 2.05) is 12.1 Å². The monoisotopic (exact) mass is 382 g/mol. The maximum atomic E-state index is 9.65. The van der Waals surface area contributed by atoms with Crippen molar-refractivity contribution in [3.8, 4) is 11.5 Å². The van der Waals surface area contributed by atoms with Gasteiger partial charge >= 0.3 is 0 Å². The van der Waals surface area contributed by atoms with Gasteiger partial charge in [-0.2, -0.15) is 0 Å². The number of benzene rings is 1. The highest BCUT2D eigenvalue weighted by Gasteiger charge is 2.31. The second kappa shape index (κ2) is 8.35. The molecule has 28 heavy (non-hydrogen) atoms. The third-order valence-corrected chi connectivity index (χ3v) is 6.94. The second-order valence-electron chi connectivity index (χ2n) is 9.93. The number of allylic oxidation sites excluding steroid dienone is 4. The third-order valence-electron chi connectivity index (χ3n) is 6.94. The van der Waals surface area contributed by atoms with E-state index >= 15 is 0 Å². The first-order chi connectivity index (χ1) is 13.2. The Balaban J connectivity index is 1.52. The molecule has 1 aliphatic heterocycles. The third kappa shape index (κ3) is 5.01. The molecule has 1 heterocycles. The van der Waals surface area contributed by atoms with Gasteiger partial charge in [0, 0.05) is 0 Å². The maximum Gasteiger partial charge on any atom is 0.123 e. The Morgan fingerprint density at radius 3 is 2.71 bits per heavy atom. The first kappa shape index (κ1) is 21.0. The number of phenols is 1.